The third-order valence-electron chi connectivity index (χ3n) is 1.86. The quantitative estimate of drug-likeness (QED) is 0.216. The summed E-state index contributed by atoms with van der Waals surface area (Å²) in [7, 11) is 1.31. The van der Waals surface area contributed by atoms with Crippen molar-refractivity contribution in [3.8, 4) is 0 Å². The van der Waals surface area contributed by atoms with Crippen LogP contribution in [0.2, 0.25) is 0 Å². The summed E-state index contributed by atoms with van der Waals surface area (Å²) in [5, 5.41) is 47.8. The minimum Gasteiger partial charge on any atom is -0.481 e. The number of hydrogen-bond donors (Lipinski definition) is 6. The third-order valence-corrected chi connectivity index (χ3v) is 1.86. The maximum atomic E-state index is 9.87. The van der Waals surface area contributed by atoms with Gasteiger partial charge in [-0.2, -0.15) is 0 Å². The van der Waals surface area contributed by atoms with Crippen LogP contribution in [0, 0.1) is 0 Å². The summed E-state index contributed by atoms with van der Waals surface area (Å²) in [4.78, 5) is 58.2. The van der Waals surface area contributed by atoms with E-state index in [0.717, 1.165) is 12.2 Å². The average molecular weight is 422 g/mol. The van der Waals surface area contributed by atoms with E-state index >= 15 is 0 Å². The molecule has 164 valence electrons. The molecule has 6 N–H and O–H groups in total. The maximum absolute atomic E-state index is 9.87. The van der Waals surface area contributed by atoms with Gasteiger partial charge in [0.05, 0.1) is 20.0 Å². The van der Waals surface area contributed by atoms with Gasteiger partial charge in [0.2, 0.25) is 0 Å². The average Bonchev–Trinajstić information content (AvgIpc) is 2.61. The zero-order valence-corrected chi connectivity index (χ0v) is 15.3. The van der Waals surface area contributed by atoms with Crippen molar-refractivity contribution in [2.45, 2.75) is 18.9 Å². The van der Waals surface area contributed by atoms with E-state index in [1.165, 1.54) is 7.11 Å². The molecule has 0 radical (unpaired) electrons. The highest BCUT2D eigenvalue weighted by atomic mass is 16.5. The van der Waals surface area contributed by atoms with Crippen molar-refractivity contribution < 1.29 is 64.1 Å². The molecule has 1 atom stereocenters. The molecule has 0 saturated carbocycles. The van der Waals surface area contributed by atoms with Gasteiger partial charge in [-0.05, 0) is 0 Å². The van der Waals surface area contributed by atoms with E-state index in [0.29, 0.717) is 0 Å². The summed E-state index contributed by atoms with van der Waals surface area (Å²) >= 11 is 0. The van der Waals surface area contributed by atoms with Crippen LogP contribution in [0.15, 0.2) is 37.5 Å². The van der Waals surface area contributed by atoms with Crippen LogP contribution in [0.4, 0.5) is 0 Å². The van der Waals surface area contributed by atoms with Crippen LogP contribution < -0.4 is 0 Å². The van der Waals surface area contributed by atoms with Crippen LogP contribution in [-0.2, 0) is 33.5 Å². The number of carboxylic acids is 5. The van der Waals surface area contributed by atoms with Gasteiger partial charge in [-0.1, -0.05) is 19.7 Å². The maximum Gasteiger partial charge on any atom is 0.333 e. The van der Waals surface area contributed by atoms with Crippen molar-refractivity contribution in [2.24, 2.45) is 0 Å². The van der Waals surface area contributed by atoms with Crippen molar-refractivity contribution in [1.29, 1.82) is 0 Å². The highest BCUT2D eigenvalue weighted by molar-refractivity contribution is 5.91. The number of carboxylic acid groups (broad SMARTS) is 5. The fraction of sp³-hybridized carbons (Fsp3) is 0.250. The van der Waals surface area contributed by atoms with Crippen LogP contribution in [0.5, 0.6) is 0 Å². The Morgan fingerprint density at radius 3 is 1.38 bits per heavy atom. The number of aliphatic hydroxyl groups is 1. The molecule has 0 rings (SSSR count). The number of aliphatic hydroxyl groups excluding tert-OH is 1. The Kier molecular flexibility index (Phi) is 22.9. The molecule has 0 aromatic carbocycles. The predicted octanol–water partition coefficient (Wildman–Crippen LogP) is -0.389. The molecule has 0 heterocycles. The third kappa shape index (κ3) is 35.9. The zero-order valence-electron chi connectivity index (χ0n) is 15.3. The molecule has 0 bridgehead atoms. The van der Waals surface area contributed by atoms with E-state index in [-0.39, 0.29) is 5.57 Å². The van der Waals surface area contributed by atoms with Gasteiger partial charge in [0.15, 0.2) is 6.10 Å². The monoisotopic (exact) mass is 422 g/mol. The second kappa shape index (κ2) is 20.3. The smallest absolute Gasteiger partial charge is 0.333 e. The van der Waals surface area contributed by atoms with Crippen LogP contribution in [-0.4, -0.2) is 79.7 Å². The molecular formula is C16H22O13. The zero-order chi connectivity index (χ0) is 24.2. The van der Waals surface area contributed by atoms with E-state index < -0.39 is 54.8 Å². The summed E-state index contributed by atoms with van der Waals surface area (Å²) < 4.78 is 4.14. The number of rotatable bonds is 8. The Labute approximate surface area is 164 Å². The van der Waals surface area contributed by atoms with Gasteiger partial charge in [0.1, 0.15) is 0 Å². The van der Waals surface area contributed by atoms with Gasteiger partial charge in [-0.25, -0.2) is 19.2 Å². The molecule has 0 aliphatic rings. The van der Waals surface area contributed by atoms with Crippen molar-refractivity contribution in [3.63, 3.8) is 0 Å². The minimum absolute atomic E-state index is 0.303. The number of hydrogen-bond acceptors (Lipinski definition) is 8. The number of carbonyl (C=O) groups excluding carboxylic acids is 1. The fourth-order valence-corrected chi connectivity index (χ4v) is 0.594. The van der Waals surface area contributed by atoms with Gasteiger partial charge in [0, 0.05) is 17.7 Å². The molecule has 0 aromatic heterocycles. The highest BCUT2D eigenvalue weighted by Crippen LogP contribution is 1.95. The Hall–Kier alpha value is -4.00. The largest absolute Gasteiger partial charge is 0.481 e. The molecule has 0 saturated heterocycles. The van der Waals surface area contributed by atoms with Gasteiger partial charge in [0.25, 0.3) is 0 Å². The van der Waals surface area contributed by atoms with Crippen molar-refractivity contribution >= 4 is 35.8 Å². The van der Waals surface area contributed by atoms with Gasteiger partial charge >= 0.3 is 35.8 Å². The molecule has 0 aromatic rings. The molecule has 0 amide bonds. The fourth-order valence-electron chi connectivity index (χ4n) is 0.594. The normalized spacial score (nSPS) is 9.03. The number of ether oxygens (including phenoxy) is 1. The summed E-state index contributed by atoms with van der Waals surface area (Å²) in [6.45, 7) is 9.13. The number of esters is 1. The van der Waals surface area contributed by atoms with E-state index in [9.17, 15) is 28.8 Å². The summed E-state index contributed by atoms with van der Waals surface area (Å²) in [6.07, 6.45) is -1.10. The van der Waals surface area contributed by atoms with Crippen molar-refractivity contribution in [2.75, 3.05) is 7.11 Å². The van der Waals surface area contributed by atoms with Crippen LogP contribution >= 0.6 is 0 Å². The topological polar surface area (TPSA) is 233 Å². The lowest BCUT2D eigenvalue weighted by atomic mass is 10.2. The molecule has 0 aliphatic carbocycles. The van der Waals surface area contributed by atoms with Gasteiger partial charge in [-0.3, -0.25) is 9.59 Å². The van der Waals surface area contributed by atoms with E-state index in [4.69, 9.17) is 30.6 Å². The highest BCUT2D eigenvalue weighted by Gasteiger charge is 2.16. The first-order valence-electron chi connectivity index (χ1n) is 6.97. The molecule has 0 aliphatic heterocycles. The second-order valence-corrected chi connectivity index (χ2v) is 4.20. The molecule has 1 unspecified atom stereocenters. The Morgan fingerprint density at radius 1 is 0.897 bits per heavy atom. The summed E-state index contributed by atoms with van der Waals surface area (Å²) in [5.41, 5.74) is -0.303. The van der Waals surface area contributed by atoms with E-state index in [1.807, 2.05) is 0 Å². The Bertz CT molecular complexity index is 618. The van der Waals surface area contributed by atoms with E-state index in [1.54, 1.807) is 0 Å². The molecule has 0 fully saturated rings. The predicted molar refractivity (Wildman–Crippen MR) is 95.0 cm³/mol. The Balaban J connectivity index is -0.000000148. The van der Waals surface area contributed by atoms with Gasteiger partial charge < -0.3 is 35.4 Å². The first-order chi connectivity index (χ1) is 13.2. The SMILES string of the molecule is C=C(CC(=O)O)C(=O)O.C=CC(=O)O.C=CC(=O)OC.O=C(O)CC(O)C(=O)O. The Morgan fingerprint density at radius 2 is 1.31 bits per heavy atom. The summed E-state index contributed by atoms with van der Waals surface area (Å²) in [6, 6.07) is 0. The van der Waals surface area contributed by atoms with Crippen LogP contribution in [0.25, 0.3) is 0 Å². The van der Waals surface area contributed by atoms with Crippen molar-refractivity contribution in [3.05, 3.63) is 37.5 Å². The van der Waals surface area contributed by atoms with E-state index in [2.05, 4.69) is 24.5 Å². The molecule has 0 spiro atoms. The van der Waals surface area contributed by atoms with Crippen molar-refractivity contribution in [1.82, 2.24) is 0 Å². The number of methoxy groups -OCH3 is 1. The van der Waals surface area contributed by atoms with Crippen LogP contribution in [0.3, 0.4) is 0 Å². The first-order valence-corrected chi connectivity index (χ1v) is 6.97. The molecule has 13 heteroatoms. The molecule has 13 nitrogen and oxygen atoms in total. The van der Waals surface area contributed by atoms with Crippen LogP contribution in [0.1, 0.15) is 12.8 Å². The standard InChI is InChI=1S/C5H6O4.C4H6O5.C4H6O2.C3H4O2/c1-3(5(8)9)2-4(6)7;5-2(4(8)9)1-3(6)7;1-3-4(5)6-2;1-2-3(4)5/h1-2H2,(H,6,7)(H,8,9);2,5H,1H2,(H,6,7)(H,8,9);3H,1H2,2H3;2H,1H2,(H,4,5). The molecule has 29 heavy (non-hydrogen) atoms. The lowest BCUT2D eigenvalue weighted by Crippen LogP contribution is -2.22. The molecular weight excluding hydrogens is 400 g/mol. The number of carbonyl (C=O) groups is 6. The summed E-state index contributed by atoms with van der Waals surface area (Å²) in [5.74, 6) is -6.66. The second-order valence-electron chi connectivity index (χ2n) is 4.20. The first kappa shape index (κ1) is 32.7. The van der Waals surface area contributed by atoms with Gasteiger partial charge in [-0.15, -0.1) is 0 Å². The lowest BCUT2D eigenvalue weighted by Gasteiger charge is -1.97. The number of aliphatic carboxylic acids is 5. The minimum atomic E-state index is -1.79. The lowest BCUT2D eigenvalue weighted by molar-refractivity contribution is -0.152.